The van der Waals surface area contributed by atoms with E-state index in [4.69, 9.17) is 5.73 Å². The molecule has 1 heterocycles. The lowest BCUT2D eigenvalue weighted by Gasteiger charge is -2.29. The van der Waals surface area contributed by atoms with E-state index >= 15 is 0 Å². The number of hydrogen-bond acceptors (Lipinski definition) is 2. The van der Waals surface area contributed by atoms with Crippen LogP contribution in [0.5, 0.6) is 0 Å². The minimum atomic E-state index is 0.605. The van der Waals surface area contributed by atoms with Crippen LogP contribution in [0.25, 0.3) is 0 Å². The van der Waals surface area contributed by atoms with Gasteiger partial charge < -0.3 is 10.3 Å². The first-order valence-corrected chi connectivity index (χ1v) is 6.06. The maximum Gasteiger partial charge on any atom is 0.0951 e. The Balaban J connectivity index is 2.01. The van der Waals surface area contributed by atoms with Crippen molar-refractivity contribution in [3.05, 3.63) is 18.2 Å². The molecule has 0 spiro atoms. The fourth-order valence-electron chi connectivity index (χ4n) is 2.65. The van der Waals surface area contributed by atoms with Crippen LogP contribution in [0.15, 0.2) is 12.5 Å². The van der Waals surface area contributed by atoms with Crippen molar-refractivity contribution < 1.29 is 0 Å². The van der Waals surface area contributed by atoms with Gasteiger partial charge in [-0.05, 0) is 31.6 Å². The maximum atomic E-state index is 5.69. The molecular formula is C12H21N3. The fraction of sp³-hybridized carbons (Fsp3) is 0.750. The fourth-order valence-corrected chi connectivity index (χ4v) is 2.65. The highest BCUT2D eigenvalue weighted by molar-refractivity contribution is 5.00. The van der Waals surface area contributed by atoms with Crippen LogP contribution in [0.4, 0.5) is 0 Å². The summed E-state index contributed by atoms with van der Waals surface area (Å²) in [5.74, 6) is 0.950. The first-order valence-electron chi connectivity index (χ1n) is 6.06. The molecule has 84 valence electrons. The van der Waals surface area contributed by atoms with Gasteiger partial charge in [-0.15, -0.1) is 0 Å². The van der Waals surface area contributed by atoms with Crippen LogP contribution >= 0.6 is 0 Å². The van der Waals surface area contributed by atoms with Crippen LogP contribution in [-0.4, -0.2) is 9.55 Å². The van der Waals surface area contributed by atoms with Gasteiger partial charge >= 0.3 is 0 Å². The van der Waals surface area contributed by atoms with Crippen molar-refractivity contribution in [3.8, 4) is 0 Å². The average Bonchev–Trinajstić information content (AvgIpc) is 2.77. The van der Waals surface area contributed by atoms with E-state index < -0.39 is 0 Å². The molecule has 0 radical (unpaired) electrons. The molecule has 1 aliphatic carbocycles. The molecule has 1 aromatic rings. The Bertz CT molecular complexity index is 298. The summed E-state index contributed by atoms with van der Waals surface area (Å²) in [5, 5.41) is 0. The van der Waals surface area contributed by atoms with Crippen LogP contribution < -0.4 is 5.73 Å². The highest BCUT2D eigenvalue weighted by Gasteiger charge is 2.21. The summed E-state index contributed by atoms with van der Waals surface area (Å²) in [4.78, 5) is 4.19. The Hall–Kier alpha value is -0.830. The Morgan fingerprint density at radius 3 is 2.73 bits per heavy atom. The molecule has 0 amide bonds. The predicted molar refractivity (Wildman–Crippen MR) is 61.4 cm³/mol. The van der Waals surface area contributed by atoms with E-state index in [0.29, 0.717) is 12.6 Å². The molecule has 1 saturated carbocycles. The third-order valence-corrected chi connectivity index (χ3v) is 3.74. The number of nitrogens with two attached hydrogens (primary N) is 1. The Morgan fingerprint density at radius 1 is 1.40 bits per heavy atom. The van der Waals surface area contributed by atoms with Gasteiger partial charge in [0.25, 0.3) is 0 Å². The lowest BCUT2D eigenvalue weighted by Crippen LogP contribution is -2.19. The largest absolute Gasteiger partial charge is 0.330 e. The van der Waals surface area contributed by atoms with Gasteiger partial charge in [0.2, 0.25) is 0 Å². The number of aromatic nitrogens is 2. The zero-order valence-corrected chi connectivity index (χ0v) is 9.52. The molecule has 1 fully saturated rings. The van der Waals surface area contributed by atoms with Crippen molar-refractivity contribution in [1.29, 1.82) is 0 Å². The number of nitrogens with zero attached hydrogens (tertiary/aromatic N) is 2. The molecule has 1 aliphatic rings. The van der Waals surface area contributed by atoms with E-state index in [1.807, 2.05) is 12.5 Å². The smallest absolute Gasteiger partial charge is 0.0951 e. The van der Waals surface area contributed by atoms with Crippen molar-refractivity contribution in [2.45, 2.75) is 51.6 Å². The van der Waals surface area contributed by atoms with Gasteiger partial charge in [-0.1, -0.05) is 13.3 Å². The minimum absolute atomic E-state index is 0.605. The lowest BCUT2D eigenvalue weighted by molar-refractivity contribution is 0.266. The SMILES string of the molecule is CCC1CCC(n2cncc2CN)CC1. The summed E-state index contributed by atoms with van der Waals surface area (Å²) in [6.45, 7) is 2.90. The second-order valence-corrected chi connectivity index (χ2v) is 4.58. The molecular weight excluding hydrogens is 186 g/mol. The van der Waals surface area contributed by atoms with Crippen molar-refractivity contribution in [2.24, 2.45) is 11.7 Å². The topological polar surface area (TPSA) is 43.8 Å². The van der Waals surface area contributed by atoms with E-state index in [0.717, 1.165) is 5.92 Å². The van der Waals surface area contributed by atoms with Gasteiger partial charge in [0.05, 0.1) is 12.0 Å². The normalized spacial score (nSPS) is 26.8. The molecule has 1 aromatic heterocycles. The van der Waals surface area contributed by atoms with Crippen LogP contribution in [-0.2, 0) is 6.54 Å². The second-order valence-electron chi connectivity index (χ2n) is 4.58. The van der Waals surface area contributed by atoms with E-state index in [2.05, 4.69) is 16.5 Å². The highest BCUT2D eigenvalue weighted by atomic mass is 15.1. The molecule has 15 heavy (non-hydrogen) atoms. The molecule has 2 N–H and O–H groups in total. The van der Waals surface area contributed by atoms with Crippen LogP contribution in [0.2, 0.25) is 0 Å². The zero-order chi connectivity index (χ0) is 10.7. The number of hydrogen-bond donors (Lipinski definition) is 1. The van der Waals surface area contributed by atoms with Crippen LogP contribution in [0, 0.1) is 5.92 Å². The second kappa shape index (κ2) is 4.79. The van der Waals surface area contributed by atoms with Crippen LogP contribution in [0.1, 0.15) is 50.8 Å². The summed E-state index contributed by atoms with van der Waals surface area (Å²) in [6.07, 6.45) is 10.5. The molecule has 0 aliphatic heterocycles. The maximum absolute atomic E-state index is 5.69. The number of rotatable bonds is 3. The molecule has 0 aromatic carbocycles. The molecule has 0 bridgehead atoms. The third-order valence-electron chi connectivity index (χ3n) is 3.74. The van der Waals surface area contributed by atoms with E-state index in [9.17, 15) is 0 Å². The zero-order valence-electron chi connectivity index (χ0n) is 9.52. The average molecular weight is 207 g/mol. The first-order chi connectivity index (χ1) is 7.35. The van der Waals surface area contributed by atoms with Crippen molar-refractivity contribution in [1.82, 2.24) is 9.55 Å². The molecule has 0 atom stereocenters. The van der Waals surface area contributed by atoms with Gasteiger partial charge in [0, 0.05) is 18.8 Å². The van der Waals surface area contributed by atoms with E-state index in [1.54, 1.807) is 0 Å². The van der Waals surface area contributed by atoms with Gasteiger partial charge in [-0.2, -0.15) is 0 Å². The van der Waals surface area contributed by atoms with Crippen molar-refractivity contribution in [3.63, 3.8) is 0 Å². The lowest BCUT2D eigenvalue weighted by atomic mass is 9.84. The third kappa shape index (κ3) is 2.23. The highest BCUT2D eigenvalue weighted by Crippen LogP contribution is 2.34. The Morgan fingerprint density at radius 2 is 2.13 bits per heavy atom. The van der Waals surface area contributed by atoms with Gasteiger partial charge in [0.15, 0.2) is 0 Å². The summed E-state index contributed by atoms with van der Waals surface area (Å²) < 4.78 is 2.28. The standard InChI is InChI=1S/C12H21N3/c1-2-10-3-5-11(6-4-10)15-9-14-8-12(15)7-13/h8-11H,2-7,13H2,1H3. The van der Waals surface area contributed by atoms with Crippen LogP contribution in [0.3, 0.4) is 0 Å². The van der Waals surface area contributed by atoms with Crippen molar-refractivity contribution >= 4 is 0 Å². The molecule has 0 unspecified atom stereocenters. The molecule has 3 heteroatoms. The monoisotopic (exact) mass is 207 g/mol. The van der Waals surface area contributed by atoms with E-state index in [1.165, 1.54) is 37.8 Å². The van der Waals surface area contributed by atoms with Gasteiger partial charge in [-0.3, -0.25) is 0 Å². The quantitative estimate of drug-likeness (QED) is 0.827. The minimum Gasteiger partial charge on any atom is -0.330 e. The van der Waals surface area contributed by atoms with E-state index in [-0.39, 0.29) is 0 Å². The molecule has 0 saturated heterocycles. The summed E-state index contributed by atoms with van der Waals surface area (Å²) in [6, 6.07) is 0.647. The summed E-state index contributed by atoms with van der Waals surface area (Å²) in [7, 11) is 0. The molecule has 2 rings (SSSR count). The molecule has 3 nitrogen and oxygen atoms in total. The Labute approximate surface area is 91.7 Å². The Kier molecular flexibility index (Phi) is 3.41. The number of imidazole rings is 1. The van der Waals surface area contributed by atoms with Gasteiger partial charge in [-0.25, -0.2) is 4.98 Å². The predicted octanol–water partition coefficient (Wildman–Crippen LogP) is 2.48. The first kappa shape index (κ1) is 10.7. The summed E-state index contributed by atoms with van der Waals surface area (Å²) >= 11 is 0. The summed E-state index contributed by atoms with van der Waals surface area (Å²) in [5.41, 5.74) is 6.87. The van der Waals surface area contributed by atoms with Crippen molar-refractivity contribution in [2.75, 3.05) is 0 Å². The van der Waals surface area contributed by atoms with Gasteiger partial charge in [0.1, 0.15) is 0 Å².